The Morgan fingerprint density at radius 1 is 1.31 bits per heavy atom. The van der Waals surface area contributed by atoms with Crippen molar-refractivity contribution in [3.8, 4) is 0 Å². The molecule has 0 radical (unpaired) electrons. The summed E-state index contributed by atoms with van der Waals surface area (Å²) in [5.74, 6) is 0.958. The molecule has 68 valence electrons. The van der Waals surface area contributed by atoms with E-state index in [2.05, 4.69) is 18.2 Å². The molecule has 2 nitrogen and oxygen atoms in total. The average molecular weight is 175 g/mol. The third kappa shape index (κ3) is 1.58. The summed E-state index contributed by atoms with van der Waals surface area (Å²) in [6, 6.07) is 8.26. The number of rotatable bonds is 2. The van der Waals surface area contributed by atoms with Gasteiger partial charge in [-0.3, -0.25) is 0 Å². The van der Waals surface area contributed by atoms with Crippen LogP contribution in [0.2, 0.25) is 0 Å². The van der Waals surface area contributed by atoms with Crippen LogP contribution in [0.5, 0.6) is 0 Å². The van der Waals surface area contributed by atoms with Crippen LogP contribution in [-0.4, -0.2) is 6.54 Å². The minimum Gasteiger partial charge on any atom is -0.461 e. The second kappa shape index (κ2) is 3.23. The molecule has 0 spiro atoms. The monoisotopic (exact) mass is 175 g/mol. The summed E-state index contributed by atoms with van der Waals surface area (Å²) in [4.78, 5) is 0. The summed E-state index contributed by atoms with van der Waals surface area (Å²) < 4.78 is 5.47. The van der Waals surface area contributed by atoms with Crippen LogP contribution in [0.1, 0.15) is 11.3 Å². The third-order valence-corrected chi connectivity index (χ3v) is 2.14. The van der Waals surface area contributed by atoms with E-state index in [0.29, 0.717) is 6.54 Å². The largest absolute Gasteiger partial charge is 0.461 e. The number of aryl methyl sites for hydroxylation is 1. The van der Waals surface area contributed by atoms with Gasteiger partial charge >= 0.3 is 0 Å². The Balaban J connectivity index is 2.48. The highest BCUT2D eigenvalue weighted by Crippen LogP contribution is 2.20. The fourth-order valence-corrected chi connectivity index (χ4v) is 1.55. The molecule has 0 saturated carbocycles. The van der Waals surface area contributed by atoms with E-state index in [1.54, 1.807) is 0 Å². The van der Waals surface area contributed by atoms with Crippen molar-refractivity contribution in [3.05, 3.63) is 35.6 Å². The minimum atomic E-state index is 0.697. The zero-order valence-corrected chi connectivity index (χ0v) is 7.71. The van der Waals surface area contributed by atoms with E-state index in [1.807, 2.05) is 13.0 Å². The molecule has 1 aromatic heterocycles. The maximum absolute atomic E-state index is 5.49. The highest BCUT2D eigenvalue weighted by molar-refractivity contribution is 5.78. The van der Waals surface area contributed by atoms with Crippen LogP contribution in [-0.2, 0) is 6.42 Å². The number of hydrogen-bond acceptors (Lipinski definition) is 2. The molecule has 0 saturated heterocycles. The number of fused-ring (bicyclic) bond motifs is 1. The lowest BCUT2D eigenvalue weighted by atomic mass is 10.1. The molecule has 13 heavy (non-hydrogen) atoms. The van der Waals surface area contributed by atoms with E-state index in [1.165, 1.54) is 10.9 Å². The predicted molar refractivity (Wildman–Crippen MR) is 53.7 cm³/mol. The van der Waals surface area contributed by atoms with E-state index < -0.39 is 0 Å². The first kappa shape index (κ1) is 8.32. The molecule has 1 aromatic carbocycles. The zero-order chi connectivity index (χ0) is 9.26. The molecule has 0 atom stereocenters. The SMILES string of the molecule is Cc1cc2cc(CCN)ccc2o1. The van der Waals surface area contributed by atoms with Crippen LogP contribution in [0.4, 0.5) is 0 Å². The van der Waals surface area contributed by atoms with Gasteiger partial charge in [0.15, 0.2) is 0 Å². The van der Waals surface area contributed by atoms with Crippen LogP contribution in [0.3, 0.4) is 0 Å². The summed E-state index contributed by atoms with van der Waals surface area (Å²) in [7, 11) is 0. The Bertz CT molecular complexity index is 417. The maximum Gasteiger partial charge on any atom is 0.134 e. The highest BCUT2D eigenvalue weighted by atomic mass is 16.3. The zero-order valence-electron chi connectivity index (χ0n) is 7.71. The molecule has 0 aliphatic rings. The second-order valence-corrected chi connectivity index (χ2v) is 3.27. The van der Waals surface area contributed by atoms with E-state index in [-0.39, 0.29) is 0 Å². The molecule has 0 amide bonds. The Kier molecular flexibility index (Phi) is 2.07. The lowest BCUT2D eigenvalue weighted by molar-refractivity contribution is 0.578. The van der Waals surface area contributed by atoms with Gasteiger partial charge in [-0.1, -0.05) is 6.07 Å². The van der Waals surface area contributed by atoms with Crippen molar-refractivity contribution in [2.75, 3.05) is 6.54 Å². The van der Waals surface area contributed by atoms with Gasteiger partial charge in [-0.15, -0.1) is 0 Å². The van der Waals surface area contributed by atoms with Gasteiger partial charge in [0.1, 0.15) is 11.3 Å². The molecule has 0 aliphatic carbocycles. The van der Waals surface area contributed by atoms with Gasteiger partial charge in [0.2, 0.25) is 0 Å². The summed E-state index contributed by atoms with van der Waals surface area (Å²) >= 11 is 0. The molecule has 0 aliphatic heterocycles. The van der Waals surface area contributed by atoms with Crippen molar-refractivity contribution in [1.29, 1.82) is 0 Å². The molecular weight excluding hydrogens is 162 g/mol. The van der Waals surface area contributed by atoms with Crippen molar-refractivity contribution in [2.24, 2.45) is 5.73 Å². The lowest BCUT2D eigenvalue weighted by Gasteiger charge is -1.96. The number of nitrogens with two attached hydrogens (primary N) is 1. The molecule has 0 bridgehead atoms. The molecule has 0 fully saturated rings. The summed E-state index contributed by atoms with van der Waals surface area (Å²) in [5.41, 5.74) is 7.72. The van der Waals surface area contributed by atoms with Crippen LogP contribution in [0.15, 0.2) is 28.7 Å². The molecule has 2 N–H and O–H groups in total. The van der Waals surface area contributed by atoms with Gasteiger partial charge < -0.3 is 10.2 Å². The van der Waals surface area contributed by atoms with E-state index >= 15 is 0 Å². The van der Waals surface area contributed by atoms with Crippen molar-refractivity contribution >= 4 is 11.0 Å². The van der Waals surface area contributed by atoms with Gasteiger partial charge in [0, 0.05) is 5.39 Å². The topological polar surface area (TPSA) is 39.2 Å². The van der Waals surface area contributed by atoms with Gasteiger partial charge in [-0.2, -0.15) is 0 Å². The van der Waals surface area contributed by atoms with E-state index in [0.717, 1.165) is 17.8 Å². The highest BCUT2D eigenvalue weighted by Gasteiger charge is 2.00. The van der Waals surface area contributed by atoms with Crippen LogP contribution in [0.25, 0.3) is 11.0 Å². The Morgan fingerprint density at radius 2 is 2.15 bits per heavy atom. The first-order valence-corrected chi connectivity index (χ1v) is 4.49. The maximum atomic E-state index is 5.49. The van der Waals surface area contributed by atoms with Crippen molar-refractivity contribution < 1.29 is 4.42 Å². The smallest absolute Gasteiger partial charge is 0.134 e. The average Bonchev–Trinajstić information content (AvgIpc) is 2.44. The summed E-state index contributed by atoms with van der Waals surface area (Å²) in [6.45, 7) is 2.66. The molecule has 1 heterocycles. The van der Waals surface area contributed by atoms with Gasteiger partial charge in [0.25, 0.3) is 0 Å². The normalized spacial score (nSPS) is 10.9. The van der Waals surface area contributed by atoms with Crippen molar-refractivity contribution in [1.82, 2.24) is 0 Å². The number of hydrogen-bond donors (Lipinski definition) is 1. The van der Waals surface area contributed by atoms with Gasteiger partial charge in [0.05, 0.1) is 0 Å². The molecule has 2 aromatic rings. The third-order valence-electron chi connectivity index (χ3n) is 2.14. The predicted octanol–water partition coefficient (Wildman–Crippen LogP) is 2.24. The Labute approximate surface area is 77.3 Å². The molecular formula is C11H13NO. The fourth-order valence-electron chi connectivity index (χ4n) is 1.55. The number of furan rings is 1. The van der Waals surface area contributed by atoms with E-state index in [9.17, 15) is 0 Å². The molecule has 2 heteroatoms. The Morgan fingerprint density at radius 3 is 2.92 bits per heavy atom. The fraction of sp³-hybridized carbons (Fsp3) is 0.273. The standard InChI is InChI=1S/C11H13NO/c1-8-6-10-7-9(4-5-12)2-3-11(10)13-8/h2-3,6-7H,4-5,12H2,1H3. The van der Waals surface area contributed by atoms with Crippen molar-refractivity contribution in [3.63, 3.8) is 0 Å². The number of benzene rings is 1. The first-order chi connectivity index (χ1) is 6.29. The van der Waals surface area contributed by atoms with Gasteiger partial charge in [-0.05, 0) is 43.7 Å². The van der Waals surface area contributed by atoms with Crippen LogP contribution >= 0.6 is 0 Å². The quantitative estimate of drug-likeness (QED) is 0.760. The molecule has 2 rings (SSSR count). The Hall–Kier alpha value is -1.28. The molecule has 0 unspecified atom stereocenters. The minimum absolute atomic E-state index is 0.697. The van der Waals surface area contributed by atoms with E-state index in [4.69, 9.17) is 10.2 Å². The second-order valence-electron chi connectivity index (χ2n) is 3.27. The lowest BCUT2D eigenvalue weighted by Crippen LogP contribution is -2.02. The van der Waals surface area contributed by atoms with Crippen LogP contribution in [0, 0.1) is 6.92 Å². The van der Waals surface area contributed by atoms with Crippen LogP contribution < -0.4 is 5.73 Å². The summed E-state index contributed by atoms with van der Waals surface area (Å²) in [5, 5.41) is 1.17. The van der Waals surface area contributed by atoms with Gasteiger partial charge in [-0.25, -0.2) is 0 Å². The summed E-state index contributed by atoms with van der Waals surface area (Å²) in [6.07, 6.45) is 0.931. The first-order valence-electron chi connectivity index (χ1n) is 4.49. The van der Waals surface area contributed by atoms with Crippen molar-refractivity contribution in [2.45, 2.75) is 13.3 Å².